The molecular formula is C48H40N8. The lowest BCUT2D eigenvalue weighted by molar-refractivity contribution is 0.626. The second-order valence-corrected chi connectivity index (χ2v) is 12.8. The predicted molar refractivity (Wildman–Crippen MR) is 229 cm³/mol. The van der Waals surface area contributed by atoms with Crippen LogP contribution in [-0.2, 0) is 0 Å². The molecule has 0 unspecified atom stereocenters. The summed E-state index contributed by atoms with van der Waals surface area (Å²) in [4.78, 5) is 15.0. The average molecular weight is 729 g/mol. The SMILES string of the molecule is CCN/C(=C1/C(=NC#N)N(CC)C(c2ccc(N(c3ccccc3)c3ccccc3)cc2)=C1C=NC#N)c1ccc(N(c2ccccc2)c2ccccc2)cc1. The highest BCUT2D eigenvalue weighted by molar-refractivity contribution is 6.24. The van der Waals surface area contributed by atoms with Crippen molar-refractivity contribution in [3.8, 4) is 12.4 Å². The van der Waals surface area contributed by atoms with Gasteiger partial charge in [-0.2, -0.15) is 20.5 Å². The molecule has 272 valence electrons. The Morgan fingerprint density at radius 2 is 1.02 bits per heavy atom. The van der Waals surface area contributed by atoms with Crippen molar-refractivity contribution in [2.45, 2.75) is 13.8 Å². The van der Waals surface area contributed by atoms with Crippen molar-refractivity contribution >= 4 is 57.6 Å². The van der Waals surface area contributed by atoms with Crippen molar-refractivity contribution in [1.82, 2.24) is 10.2 Å². The molecule has 0 spiro atoms. The Kier molecular flexibility index (Phi) is 11.4. The largest absolute Gasteiger partial charge is 0.384 e. The molecule has 1 heterocycles. The van der Waals surface area contributed by atoms with Gasteiger partial charge in [-0.15, -0.1) is 0 Å². The summed E-state index contributed by atoms with van der Waals surface area (Å²) < 4.78 is 0. The molecule has 56 heavy (non-hydrogen) atoms. The average Bonchev–Trinajstić information content (AvgIpc) is 3.56. The number of para-hydroxylation sites is 4. The summed E-state index contributed by atoms with van der Waals surface area (Å²) >= 11 is 0. The van der Waals surface area contributed by atoms with E-state index in [-0.39, 0.29) is 0 Å². The van der Waals surface area contributed by atoms with Gasteiger partial charge in [0.05, 0.1) is 17.0 Å². The number of likely N-dealkylation sites (N-methyl/N-ethyl adjacent to an activating group) is 1. The van der Waals surface area contributed by atoms with E-state index < -0.39 is 0 Å². The highest BCUT2D eigenvalue weighted by Gasteiger charge is 2.35. The van der Waals surface area contributed by atoms with Gasteiger partial charge < -0.3 is 20.0 Å². The Morgan fingerprint density at radius 3 is 1.41 bits per heavy atom. The van der Waals surface area contributed by atoms with Crippen LogP contribution in [-0.4, -0.2) is 30.0 Å². The van der Waals surface area contributed by atoms with Gasteiger partial charge in [0.15, 0.2) is 5.84 Å². The Bertz CT molecular complexity index is 2380. The minimum Gasteiger partial charge on any atom is -0.384 e. The molecule has 8 nitrogen and oxygen atoms in total. The molecule has 0 saturated heterocycles. The lowest BCUT2D eigenvalue weighted by Gasteiger charge is -2.26. The monoisotopic (exact) mass is 728 g/mol. The summed E-state index contributed by atoms with van der Waals surface area (Å²) in [5.41, 5.74) is 10.9. The standard InChI is InChI=1S/C48H40N8/c1-3-52-46(36-25-29-42(30-26-36)55(38-17-9-5-10-18-38)39-19-11-6-12-20-39)45-44(33-51-34-49)47(54(4-2)48(45)53-35-50)37-27-31-43(32-28-37)56(40-21-13-7-14-22-40)41-23-15-8-16-24-41/h5-33,52H,3-4H2,1-2H3/b46-45+,51-33?,53-48?. The van der Waals surface area contributed by atoms with Gasteiger partial charge in [-0.05, 0) is 97.8 Å². The topological polar surface area (TPSA) is 94.0 Å². The van der Waals surface area contributed by atoms with Crippen molar-refractivity contribution in [2.24, 2.45) is 9.98 Å². The van der Waals surface area contributed by atoms with Gasteiger partial charge >= 0.3 is 0 Å². The Morgan fingerprint density at radius 1 is 0.589 bits per heavy atom. The van der Waals surface area contributed by atoms with Crippen LogP contribution in [0.3, 0.4) is 0 Å². The van der Waals surface area contributed by atoms with Crippen molar-refractivity contribution < 1.29 is 0 Å². The highest BCUT2D eigenvalue weighted by atomic mass is 15.2. The highest BCUT2D eigenvalue weighted by Crippen LogP contribution is 2.42. The summed E-state index contributed by atoms with van der Waals surface area (Å²) in [5.74, 6) is 0.485. The number of hydrogen-bond acceptors (Lipinski definition) is 7. The van der Waals surface area contributed by atoms with Crippen LogP contribution < -0.4 is 15.1 Å². The van der Waals surface area contributed by atoms with E-state index in [2.05, 4.69) is 128 Å². The van der Waals surface area contributed by atoms with E-state index in [0.717, 1.165) is 56.6 Å². The van der Waals surface area contributed by atoms with Crippen LogP contribution in [0.5, 0.6) is 0 Å². The zero-order valence-electron chi connectivity index (χ0n) is 31.3. The number of nitrogens with one attached hydrogen (secondary N) is 1. The van der Waals surface area contributed by atoms with E-state index in [0.29, 0.717) is 30.1 Å². The van der Waals surface area contributed by atoms with E-state index in [1.165, 1.54) is 0 Å². The van der Waals surface area contributed by atoms with Crippen LogP contribution in [0.15, 0.2) is 191 Å². The van der Waals surface area contributed by atoms with Gasteiger partial charge in [0, 0.05) is 59.0 Å². The zero-order chi connectivity index (χ0) is 38.7. The predicted octanol–water partition coefficient (Wildman–Crippen LogP) is 11.1. The van der Waals surface area contributed by atoms with Crippen molar-refractivity contribution in [1.29, 1.82) is 10.5 Å². The van der Waals surface area contributed by atoms with Gasteiger partial charge in [0.25, 0.3) is 0 Å². The third-order valence-electron chi connectivity index (χ3n) is 9.47. The molecule has 0 bridgehead atoms. The molecule has 6 aromatic carbocycles. The lowest BCUT2D eigenvalue weighted by Crippen LogP contribution is -2.27. The van der Waals surface area contributed by atoms with Crippen LogP contribution in [0, 0.1) is 22.9 Å². The minimum atomic E-state index is 0.485. The number of amidine groups is 1. The minimum absolute atomic E-state index is 0.485. The van der Waals surface area contributed by atoms with Crippen LogP contribution in [0.1, 0.15) is 25.0 Å². The molecule has 1 aliphatic rings. The van der Waals surface area contributed by atoms with Crippen LogP contribution in [0.25, 0.3) is 11.4 Å². The quantitative estimate of drug-likeness (QED) is 0.0996. The molecular weight excluding hydrogens is 689 g/mol. The first-order chi connectivity index (χ1) is 27.7. The number of rotatable bonds is 12. The summed E-state index contributed by atoms with van der Waals surface area (Å²) in [5, 5.41) is 23.3. The first-order valence-electron chi connectivity index (χ1n) is 18.6. The van der Waals surface area contributed by atoms with E-state index in [1.54, 1.807) is 6.21 Å². The molecule has 0 aliphatic carbocycles. The molecule has 0 aromatic heterocycles. The summed E-state index contributed by atoms with van der Waals surface area (Å²) in [6, 6.07) is 57.7. The van der Waals surface area contributed by atoms with Crippen LogP contribution in [0.2, 0.25) is 0 Å². The summed E-state index contributed by atoms with van der Waals surface area (Å²) in [6.07, 6.45) is 5.59. The summed E-state index contributed by atoms with van der Waals surface area (Å²) in [7, 11) is 0. The fourth-order valence-electron chi connectivity index (χ4n) is 7.13. The number of nitrogens with zero attached hydrogens (tertiary/aromatic N) is 7. The Hall–Kier alpha value is -7.68. The normalized spacial score (nSPS) is 14.1. The second kappa shape index (κ2) is 17.4. The maximum atomic E-state index is 10.1. The van der Waals surface area contributed by atoms with E-state index in [4.69, 9.17) is 0 Å². The zero-order valence-corrected chi connectivity index (χ0v) is 31.3. The van der Waals surface area contributed by atoms with Crippen molar-refractivity contribution in [2.75, 3.05) is 22.9 Å². The molecule has 8 heteroatoms. The van der Waals surface area contributed by atoms with Gasteiger partial charge in [-0.1, -0.05) is 97.1 Å². The molecule has 0 atom stereocenters. The molecule has 6 aromatic rings. The first kappa shape index (κ1) is 36.7. The van der Waals surface area contributed by atoms with Gasteiger partial charge in [0.2, 0.25) is 12.4 Å². The van der Waals surface area contributed by atoms with Crippen LogP contribution in [0.4, 0.5) is 34.1 Å². The number of hydrogen-bond donors (Lipinski definition) is 1. The number of anilines is 6. The van der Waals surface area contributed by atoms with E-state index in [1.807, 2.05) is 97.7 Å². The van der Waals surface area contributed by atoms with E-state index in [9.17, 15) is 10.5 Å². The molecule has 0 amide bonds. The molecule has 1 aliphatic heterocycles. The maximum absolute atomic E-state index is 10.1. The van der Waals surface area contributed by atoms with Crippen molar-refractivity contribution in [3.63, 3.8) is 0 Å². The number of benzene rings is 6. The van der Waals surface area contributed by atoms with Gasteiger partial charge in [-0.3, -0.25) is 0 Å². The lowest BCUT2D eigenvalue weighted by atomic mass is 9.98. The summed E-state index contributed by atoms with van der Waals surface area (Å²) in [6.45, 7) is 5.19. The van der Waals surface area contributed by atoms with Gasteiger partial charge in [0.1, 0.15) is 0 Å². The molecule has 0 saturated carbocycles. The molecule has 0 fully saturated rings. The first-order valence-corrected chi connectivity index (χ1v) is 18.6. The number of aliphatic imine (C=N–C) groups is 2. The smallest absolute Gasteiger partial charge is 0.207 e. The van der Waals surface area contributed by atoms with Gasteiger partial charge in [-0.25, -0.2) is 0 Å². The van der Waals surface area contributed by atoms with Crippen LogP contribution >= 0.6 is 0 Å². The maximum Gasteiger partial charge on any atom is 0.207 e. The molecule has 0 radical (unpaired) electrons. The molecule has 7 rings (SSSR count). The third-order valence-corrected chi connectivity index (χ3v) is 9.47. The fourth-order valence-corrected chi connectivity index (χ4v) is 7.13. The molecule has 1 N–H and O–H groups in total. The fraction of sp³-hybridized carbons (Fsp3) is 0.0833. The Balaban J connectivity index is 1.37. The van der Waals surface area contributed by atoms with Crippen molar-refractivity contribution in [3.05, 3.63) is 192 Å². The Labute approximate surface area is 328 Å². The number of nitriles is 2. The van der Waals surface area contributed by atoms with E-state index >= 15 is 0 Å². The third kappa shape index (κ3) is 7.54. The second-order valence-electron chi connectivity index (χ2n) is 12.8.